The topological polar surface area (TPSA) is 18.5 Å². The second-order valence-electron chi connectivity index (χ2n) is 5.95. The molecule has 1 atom stereocenters. The lowest BCUT2D eigenvalue weighted by atomic mass is 10.0. The van der Waals surface area contributed by atoms with Crippen LogP contribution in [0.2, 0.25) is 0 Å². The van der Waals surface area contributed by atoms with Crippen molar-refractivity contribution in [3.8, 4) is 0 Å². The van der Waals surface area contributed by atoms with E-state index in [1.807, 2.05) is 6.07 Å². The van der Waals surface area contributed by atoms with Crippen LogP contribution in [0.15, 0.2) is 24.3 Å². The monoisotopic (exact) mass is 293 g/mol. The van der Waals surface area contributed by atoms with Crippen LogP contribution in [0.5, 0.6) is 0 Å². The second-order valence-corrected chi connectivity index (χ2v) is 5.95. The molecule has 3 nitrogen and oxygen atoms in total. The van der Waals surface area contributed by atoms with Gasteiger partial charge in [-0.1, -0.05) is 19.1 Å². The number of halogens is 1. The second kappa shape index (κ2) is 8.47. The Morgan fingerprint density at radius 2 is 2.10 bits per heavy atom. The van der Waals surface area contributed by atoms with E-state index in [9.17, 15) is 4.39 Å². The molecule has 4 heteroatoms. The molecule has 1 N–H and O–H groups in total. The molecule has 0 spiro atoms. The van der Waals surface area contributed by atoms with Crippen molar-refractivity contribution in [2.45, 2.75) is 25.8 Å². The van der Waals surface area contributed by atoms with Crippen LogP contribution in [-0.4, -0.2) is 56.1 Å². The molecule has 118 valence electrons. The lowest BCUT2D eigenvalue weighted by molar-refractivity contribution is 0.261. The molecule has 1 unspecified atom stereocenters. The molecule has 1 aliphatic rings. The highest BCUT2D eigenvalue weighted by Crippen LogP contribution is 2.18. The van der Waals surface area contributed by atoms with Crippen molar-refractivity contribution in [2.75, 3.05) is 46.3 Å². The number of hydrogen-bond donors (Lipinski definition) is 1. The zero-order valence-corrected chi connectivity index (χ0v) is 13.3. The first-order chi connectivity index (χ1) is 10.2. The summed E-state index contributed by atoms with van der Waals surface area (Å²) in [4.78, 5) is 4.93. The maximum atomic E-state index is 13.4. The summed E-state index contributed by atoms with van der Waals surface area (Å²) in [6, 6.07) is 7.23. The van der Waals surface area contributed by atoms with Crippen LogP contribution >= 0.6 is 0 Å². The molecule has 0 aliphatic carbocycles. The quantitative estimate of drug-likeness (QED) is 0.869. The molecular formula is C17H28FN3. The van der Waals surface area contributed by atoms with E-state index < -0.39 is 0 Å². The summed E-state index contributed by atoms with van der Waals surface area (Å²) >= 11 is 0. The van der Waals surface area contributed by atoms with Gasteiger partial charge in [0.1, 0.15) is 5.82 Å². The minimum Gasteiger partial charge on any atom is -0.310 e. The zero-order chi connectivity index (χ0) is 15.1. The van der Waals surface area contributed by atoms with Gasteiger partial charge < -0.3 is 15.1 Å². The van der Waals surface area contributed by atoms with E-state index in [4.69, 9.17) is 0 Å². The lowest BCUT2D eigenvalue weighted by Crippen LogP contribution is -2.32. The number of likely N-dealkylation sites (N-methyl/N-ethyl adjacent to an activating group) is 1. The van der Waals surface area contributed by atoms with Crippen LogP contribution in [-0.2, 0) is 0 Å². The fourth-order valence-electron chi connectivity index (χ4n) is 2.99. The van der Waals surface area contributed by atoms with Crippen molar-refractivity contribution in [1.82, 2.24) is 15.1 Å². The van der Waals surface area contributed by atoms with E-state index in [2.05, 4.69) is 29.1 Å². The average Bonchev–Trinajstić information content (AvgIpc) is 2.68. The van der Waals surface area contributed by atoms with Gasteiger partial charge in [0, 0.05) is 19.1 Å². The molecule has 21 heavy (non-hydrogen) atoms. The van der Waals surface area contributed by atoms with Gasteiger partial charge in [-0.2, -0.15) is 0 Å². The van der Waals surface area contributed by atoms with Gasteiger partial charge in [0.2, 0.25) is 0 Å². The number of benzene rings is 1. The zero-order valence-electron chi connectivity index (χ0n) is 13.3. The molecule has 1 aromatic carbocycles. The normalized spacial score (nSPS) is 19.4. The third-order valence-electron chi connectivity index (χ3n) is 4.25. The summed E-state index contributed by atoms with van der Waals surface area (Å²) in [5.41, 5.74) is 1.06. The number of nitrogens with zero attached hydrogens (tertiary/aromatic N) is 2. The van der Waals surface area contributed by atoms with Gasteiger partial charge in [-0.15, -0.1) is 0 Å². The fraction of sp³-hybridized carbons (Fsp3) is 0.647. The Balaban J connectivity index is 1.90. The molecule has 1 aliphatic heterocycles. The molecular weight excluding hydrogens is 265 g/mol. The predicted molar refractivity (Wildman–Crippen MR) is 86.0 cm³/mol. The van der Waals surface area contributed by atoms with Crippen molar-refractivity contribution in [3.63, 3.8) is 0 Å². The van der Waals surface area contributed by atoms with Crippen LogP contribution < -0.4 is 5.32 Å². The molecule has 1 aromatic rings. The van der Waals surface area contributed by atoms with Crippen LogP contribution in [0.25, 0.3) is 0 Å². The van der Waals surface area contributed by atoms with Gasteiger partial charge in [0.25, 0.3) is 0 Å². The standard InChI is InChI=1S/C17H28FN3/c1-3-19-17(15-6-4-7-16(18)14-15)8-11-21-10-5-9-20(2)12-13-21/h4,6-7,14,17,19H,3,5,8-13H2,1-2H3. The summed E-state index contributed by atoms with van der Waals surface area (Å²) in [6.45, 7) is 8.73. The molecule has 0 amide bonds. The van der Waals surface area contributed by atoms with Crippen LogP contribution in [0.3, 0.4) is 0 Å². The van der Waals surface area contributed by atoms with E-state index in [1.165, 1.54) is 25.6 Å². The molecule has 2 rings (SSSR count). The van der Waals surface area contributed by atoms with Gasteiger partial charge in [-0.25, -0.2) is 4.39 Å². The summed E-state index contributed by atoms with van der Waals surface area (Å²) in [5.74, 6) is -0.146. The average molecular weight is 293 g/mol. The Morgan fingerprint density at radius 1 is 1.24 bits per heavy atom. The van der Waals surface area contributed by atoms with Crippen LogP contribution in [0, 0.1) is 5.82 Å². The van der Waals surface area contributed by atoms with Crippen molar-refractivity contribution < 1.29 is 4.39 Å². The minimum absolute atomic E-state index is 0.146. The van der Waals surface area contributed by atoms with Gasteiger partial charge >= 0.3 is 0 Å². The van der Waals surface area contributed by atoms with Gasteiger partial charge in [-0.05, 0) is 63.8 Å². The minimum atomic E-state index is -0.146. The van der Waals surface area contributed by atoms with Crippen LogP contribution in [0.1, 0.15) is 31.4 Å². The van der Waals surface area contributed by atoms with Crippen molar-refractivity contribution in [2.24, 2.45) is 0 Å². The number of hydrogen-bond acceptors (Lipinski definition) is 3. The Kier molecular flexibility index (Phi) is 6.61. The smallest absolute Gasteiger partial charge is 0.123 e. The Labute approximate surface area is 128 Å². The first-order valence-corrected chi connectivity index (χ1v) is 8.08. The van der Waals surface area contributed by atoms with Crippen molar-refractivity contribution in [1.29, 1.82) is 0 Å². The largest absolute Gasteiger partial charge is 0.310 e. The van der Waals surface area contributed by atoms with E-state index in [1.54, 1.807) is 12.1 Å². The molecule has 0 radical (unpaired) electrons. The molecule has 0 saturated carbocycles. The summed E-state index contributed by atoms with van der Waals surface area (Å²) in [7, 11) is 2.19. The maximum Gasteiger partial charge on any atom is 0.123 e. The fourth-order valence-corrected chi connectivity index (χ4v) is 2.99. The van der Waals surface area contributed by atoms with Gasteiger partial charge in [0.05, 0.1) is 0 Å². The van der Waals surface area contributed by atoms with E-state index >= 15 is 0 Å². The highest BCUT2D eigenvalue weighted by atomic mass is 19.1. The van der Waals surface area contributed by atoms with E-state index in [0.29, 0.717) is 0 Å². The maximum absolute atomic E-state index is 13.4. The first-order valence-electron chi connectivity index (χ1n) is 8.08. The molecule has 1 saturated heterocycles. The Morgan fingerprint density at radius 3 is 2.86 bits per heavy atom. The molecule has 1 heterocycles. The highest BCUT2D eigenvalue weighted by Gasteiger charge is 2.15. The Bertz CT molecular complexity index is 424. The lowest BCUT2D eigenvalue weighted by Gasteiger charge is -2.24. The Hall–Kier alpha value is -0.970. The first kappa shape index (κ1) is 16.4. The van der Waals surface area contributed by atoms with Crippen molar-refractivity contribution >= 4 is 0 Å². The van der Waals surface area contributed by atoms with E-state index in [0.717, 1.165) is 38.2 Å². The summed E-state index contributed by atoms with van der Waals surface area (Å²) in [6.07, 6.45) is 2.27. The highest BCUT2D eigenvalue weighted by molar-refractivity contribution is 5.20. The third kappa shape index (κ3) is 5.38. The van der Waals surface area contributed by atoms with Crippen LogP contribution in [0.4, 0.5) is 4.39 Å². The molecule has 0 aromatic heterocycles. The summed E-state index contributed by atoms with van der Waals surface area (Å²) in [5, 5.41) is 3.49. The SMILES string of the molecule is CCNC(CCN1CCCN(C)CC1)c1cccc(F)c1. The number of rotatable bonds is 6. The van der Waals surface area contributed by atoms with Gasteiger partial charge in [-0.3, -0.25) is 0 Å². The van der Waals surface area contributed by atoms with Crippen molar-refractivity contribution in [3.05, 3.63) is 35.6 Å². The van der Waals surface area contributed by atoms with E-state index in [-0.39, 0.29) is 11.9 Å². The predicted octanol–water partition coefficient (Wildman–Crippen LogP) is 2.50. The number of nitrogens with one attached hydrogen (secondary N) is 1. The molecule has 1 fully saturated rings. The third-order valence-corrected chi connectivity index (χ3v) is 4.25. The molecule has 0 bridgehead atoms. The summed E-state index contributed by atoms with van der Waals surface area (Å²) < 4.78 is 13.4. The van der Waals surface area contributed by atoms with Gasteiger partial charge in [0.15, 0.2) is 0 Å².